The molecule has 0 aliphatic carbocycles. The van der Waals surface area contributed by atoms with Crippen LogP contribution in [-0.4, -0.2) is 52.2 Å². The number of piperazine rings is 1. The first-order valence-corrected chi connectivity index (χ1v) is 9.27. The minimum Gasteiger partial charge on any atom is -0.352 e. The summed E-state index contributed by atoms with van der Waals surface area (Å²) in [5, 5.41) is 13.6. The molecular weight excluding hydrogens is 348 g/mol. The third-order valence-corrected chi connectivity index (χ3v) is 5.05. The van der Waals surface area contributed by atoms with E-state index in [0.29, 0.717) is 18.9 Å². The summed E-state index contributed by atoms with van der Waals surface area (Å²) in [6.45, 7) is 2.87. The van der Waals surface area contributed by atoms with Crippen LogP contribution in [0.3, 0.4) is 0 Å². The van der Waals surface area contributed by atoms with Crippen LogP contribution in [0.2, 0.25) is 0 Å². The zero-order chi connectivity index (χ0) is 17.8. The molecule has 0 saturated carbocycles. The lowest BCUT2D eigenvalue weighted by molar-refractivity contribution is 0.0751. The number of carbonyl (C=O) groups excluding carboxylic acids is 1. The summed E-state index contributed by atoms with van der Waals surface area (Å²) < 4.78 is 0. The number of pyridine rings is 1. The van der Waals surface area contributed by atoms with Gasteiger partial charge in [0.25, 0.3) is 5.91 Å². The predicted octanol–water partition coefficient (Wildman–Crippen LogP) is 2.64. The molecular formula is C18H18N6OS. The van der Waals surface area contributed by atoms with E-state index in [0.717, 1.165) is 29.6 Å². The van der Waals surface area contributed by atoms with E-state index in [1.54, 1.807) is 6.20 Å². The molecule has 4 rings (SSSR count). The highest BCUT2D eigenvalue weighted by Crippen LogP contribution is 2.18. The van der Waals surface area contributed by atoms with E-state index in [1.165, 1.54) is 11.3 Å². The summed E-state index contributed by atoms with van der Waals surface area (Å²) in [5.41, 5.74) is 0. The molecule has 26 heavy (non-hydrogen) atoms. The van der Waals surface area contributed by atoms with Gasteiger partial charge in [-0.05, 0) is 35.7 Å². The summed E-state index contributed by atoms with van der Waals surface area (Å²) in [6.07, 6.45) is 1.72. The van der Waals surface area contributed by atoms with Gasteiger partial charge in [0.15, 0.2) is 11.6 Å². The van der Waals surface area contributed by atoms with Crippen LogP contribution in [0.25, 0.3) is 0 Å². The second-order valence-corrected chi connectivity index (χ2v) is 6.82. The molecule has 1 saturated heterocycles. The van der Waals surface area contributed by atoms with E-state index >= 15 is 0 Å². The summed E-state index contributed by atoms with van der Waals surface area (Å²) in [4.78, 5) is 21.4. The normalized spacial score (nSPS) is 14.3. The Morgan fingerprint density at radius 2 is 1.85 bits per heavy atom. The lowest BCUT2D eigenvalue weighted by atomic mass is 10.3. The highest BCUT2D eigenvalue weighted by atomic mass is 32.1. The summed E-state index contributed by atoms with van der Waals surface area (Å²) in [7, 11) is 0. The molecule has 0 spiro atoms. The van der Waals surface area contributed by atoms with E-state index in [1.807, 2.05) is 52.7 Å². The Hall–Kier alpha value is -3.00. The van der Waals surface area contributed by atoms with Crippen LogP contribution < -0.4 is 10.2 Å². The number of carbonyl (C=O) groups is 1. The Morgan fingerprint density at radius 1 is 0.962 bits per heavy atom. The topological polar surface area (TPSA) is 74.2 Å². The Morgan fingerprint density at radius 3 is 2.50 bits per heavy atom. The fourth-order valence-corrected chi connectivity index (χ4v) is 3.51. The van der Waals surface area contributed by atoms with Crippen LogP contribution in [0.4, 0.5) is 17.5 Å². The van der Waals surface area contributed by atoms with Crippen LogP contribution in [-0.2, 0) is 0 Å². The van der Waals surface area contributed by atoms with Gasteiger partial charge < -0.3 is 15.1 Å². The minimum atomic E-state index is 0.112. The largest absolute Gasteiger partial charge is 0.352 e. The van der Waals surface area contributed by atoms with E-state index < -0.39 is 0 Å². The van der Waals surface area contributed by atoms with Crippen molar-refractivity contribution in [2.75, 3.05) is 36.4 Å². The monoisotopic (exact) mass is 366 g/mol. The van der Waals surface area contributed by atoms with Crippen LogP contribution in [0.15, 0.2) is 54.0 Å². The standard InChI is InChI=1S/C18H18N6OS/c25-18(14-4-3-13-26-14)24-11-9-23(10-12-24)17-7-6-16(21-22-17)20-15-5-1-2-8-19-15/h1-8,13H,9-12H2,(H,19,20,21). The van der Waals surface area contributed by atoms with Crippen LogP contribution in [0, 0.1) is 0 Å². The number of thiophene rings is 1. The number of nitrogens with one attached hydrogen (secondary N) is 1. The maximum Gasteiger partial charge on any atom is 0.264 e. The molecule has 0 unspecified atom stereocenters. The molecule has 3 aromatic rings. The average molecular weight is 366 g/mol. The highest BCUT2D eigenvalue weighted by Gasteiger charge is 2.23. The van der Waals surface area contributed by atoms with Crippen molar-refractivity contribution in [2.45, 2.75) is 0 Å². The number of nitrogens with zero attached hydrogens (tertiary/aromatic N) is 5. The van der Waals surface area contributed by atoms with Crippen molar-refractivity contribution in [2.24, 2.45) is 0 Å². The molecule has 0 radical (unpaired) electrons. The number of hydrogen-bond acceptors (Lipinski definition) is 7. The second kappa shape index (κ2) is 7.49. The van der Waals surface area contributed by atoms with Gasteiger partial charge in [-0.1, -0.05) is 12.1 Å². The number of anilines is 3. The van der Waals surface area contributed by atoms with E-state index in [-0.39, 0.29) is 5.91 Å². The third kappa shape index (κ3) is 3.65. The van der Waals surface area contributed by atoms with Crippen LogP contribution in [0.5, 0.6) is 0 Å². The van der Waals surface area contributed by atoms with Gasteiger partial charge in [0.05, 0.1) is 4.88 Å². The first kappa shape index (κ1) is 16.5. The zero-order valence-electron chi connectivity index (χ0n) is 14.1. The van der Waals surface area contributed by atoms with Crippen LogP contribution in [0.1, 0.15) is 9.67 Å². The van der Waals surface area contributed by atoms with Gasteiger partial charge in [-0.2, -0.15) is 0 Å². The van der Waals surface area contributed by atoms with Crippen molar-refractivity contribution in [3.63, 3.8) is 0 Å². The maximum absolute atomic E-state index is 12.4. The molecule has 7 nitrogen and oxygen atoms in total. The van der Waals surface area contributed by atoms with E-state index in [9.17, 15) is 4.79 Å². The first-order chi connectivity index (χ1) is 12.8. The lowest BCUT2D eigenvalue weighted by Crippen LogP contribution is -2.48. The number of rotatable bonds is 4. The summed E-state index contributed by atoms with van der Waals surface area (Å²) in [5.74, 6) is 2.31. The van der Waals surface area contributed by atoms with Crippen molar-refractivity contribution < 1.29 is 4.79 Å². The van der Waals surface area contributed by atoms with Crippen molar-refractivity contribution >= 4 is 34.7 Å². The maximum atomic E-state index is 12.4. The third-order valence-electron chi connectivity index (χ3n) is 4.19. The van der Waals surface area contributed by atoms with Gasteiger partial charge in [-0.3, -0.25) is 4.79 Å². The number of hydrogen-bond donors (Lipinski definition) is 1. The van der Waals surface area contributed by atoms with Crippen molar-refractivity contribution in [1.29, 1.82) is 0 Å². The minimum absolute atomic E-state index is 0.112. The number of amides is 1. The Kier molecular flexibility index (Phi) is 4.74. The summed E-state index contributed by atoms with van der Waals surface area (Å²) >= 11 is 1.48. The van der Waals surface area contributed by atoms with Crippen molar-refractivity contribution in [3.8, 4) is 0 Å². The quantitative estimate of drug-likeness (QED) is 0.765. The fraction of sp³-hybridized carbons (Fsp3) is 0.222. The second-order valence-electron chi connectivity index (χ2n) is 5.87. The molecule has 132 valence electrons. The molecule has 3 aromatic heterocycles. The molecule has 8 heteroatoms. The Bertz CT molecular complexity index is 845. The SMILES string of the molecule is O=C(c1cccs1)N1CCN(c2ccc(Nc3ccccn3)nn2)CC1. The first-order valence-electron chi connectivity index (χ1n) is 8.39. The van der Waals surface area contributed by atoms with E-state index in [4.69, 9.17) is 0 Å². The van der Waals surface area contributed by atoms with Gasteiger partial charge >= 0.3 is 0 Å². The van der Waals surface area contributed by atoms with Gasteiger partial charge in [0.2, 0.25) is 0 Å². The van der Waals surface area contributed by atoms with Gasteiger partial charge in [-0.15, -0.1) is 21.5 Å². The molecule has 4 heterocycles. The van der Waals surface area contributed by atoms with Gasteiger partial charge in [0, 0.05) is 32.4 Å². The summed E-state index contributed by atoms with van der Waals surface area (Å²) in [6, 6.07) is 13.3. The molecule has 1 N–H and O–H groups in total. The molecule has 1 fully saturated rings. The van der Waals surface area contributed by atoms with Gasteiger partial charge in [0.1, 0.15) is 5.82 Å². The molecule has 0 bridgehead atoms. The number of aromatic nitrogens is 3. The molecule has 1 aliphatic rings. The Balaban J connectivity index is 1.35. The van der Waals surface area contributed by atoms with Crippen LogP contribution >= 0.6 is 11.3 Å². The molecule has 1 amide bonds. The van der Waals surface area contributed by atoms with Crippen molar-refractivity contribution in [1.82, 2.24) is 20.1 Å². The van der Waals surface area contributed by atoms with E-state index in [2.05, 4.69) is 25.4 Å². The zero-order valence-corrected chi connectivity index (χ0v) is 14.9. The van der Waals surface area contributed by atoms with Gasteiger partial charge in [-0.25, -0.2) is 4.98 Å². The predicted molar refractivity (Wildman–Crippen MR) is 102 cm³/mol. The average Bonchev–Trinajstić information content (AvgIpc) is 3.24. The Labute approximate surface area is 155 Å². The van der Waals surface area contributed by atoms with Crippen molar-refractivity contribution in [3.05, 3.63) is 58.9 Å². The lowest BCUT2D eigenvalue weighted by Gasteiger charge is -2.35. The molecule has 0 atom stereocenters. The molecule has 0 aromatic carbocycles. The smallest absolute Gasteiger partial charge is 0.264 e. The fourth-order valence-electron chi connectivity index (χ4n) is 2.82. The highest BCUT2D eigenvalue weighted by molar-refractivity contribution is 7.12. The molecule has 1 aliphatic heterocycles.